The van der Waals surface area contributed by atoms with Crippen LogP contribution in [0.15, 0.2) is 0 Å². The van der Waals surface area contributed by atoms with Crippen LogP contribution in [0.25, 0.3) is 0 Å². The van der Waals surface area contributed by atoms with Gasteiger partial charge in [0, 0.05) is 3.92 Å². The van der Waals surface area contributed by atoms with E-state index in [9.17, 15) is 4.79 Å². The summed E-state index contributed by atoms with van der Waals surface area (Å²) in [6.07, 6.45) is 4.64. The Morgan fingerprint density at radius 2 is 2.17 bits per heavy atom. The Bertz CT molecular complexity index is 159. The van der Waals surface area contributed by atoms with Crippen LogP contribution in [-0.2, 0) is 9.53 Å². The molecule has 0 aromatic rings. The summed E-state index contributed by atoms with van der Waals surface area (Å²) in [5.41, 5.74) is 0. The molecule has 0 spiro atoms. The highest BCUT2D eigenvalue weighted by molar-refractivity contribution is 14.1. The van der Waals surface area contributed by atoms with Crippen molar-refractivity contribution in [3.63, 3.8) is 0 Å². The quantitative estimate of drug-likeness (QED) is 0.442. The molecule has 1 rings (SSSR count). The predicted molar refractivity (Wildman–Crippen MR) is 56.4 cm³/mol. The van der Waals surface area contributed by atoms with E-state index >= 15 is 0 Å². The standard InChI is InChI=1S/C9H15IO2/c1-2-12-9(11)7-5-3-4-6-8(7)10/h7-8H,2-6H2,1H3. The van der Waals surface area contributed by atoms with E-state index < -0.39 is 0 Å². The monoisotopic (exact) mass is 282 g/mol. The number of rotatable bonds is 2. The van der Waals surface area contributed by atoms with Crippen molar-refractivity contribution in [3.05, 3.63) is 0 Å². The number of carbonyl (C=O) groups excluding carboxylic acids is 1. The summed E-state index contributed by atoms with van der Waals surface area (Å²) in [5, 5.41) is 0. The first-order chi connectivity index (χ1) is 5.75. The number of alkyl halides is 1. The SMILES string of the molecule is CCOC(=O)C1CCCCC1I. The lowest BCUT2D eigenvalue weighted by Gasteiger charge is -2.25. The molecule has 0 aliphatic heterocycles. The summed E-state index contributed by atoms with van der Waals surface area (Å²) in [6, 6.07) is 0. The van der Waals surface area contributed by atoms with Crippen molar-refractivity contribution in [1.29, 1.82) is 0 Å². The van der Waals surface area contributed by atoms with E-state index in [1.54, 1.807) is 0 Å². The largest absolute Gasteiger partial charge is 0.466 e. The van der Waals surface area contributed by atoms with Crippen molar-refractivity contribution >= 4 is 28.6 Å². The van der Waals surface area contributed by atoms with E-state index in [2.05, 4.69) is 22.6 Å². The van der Waals surface area contributed by atoms with Gasteiger partial charge in [-0.3, -0.25) is 4.79 Å². The number of halogens is 1. The van der Waals surface area contributed by atoms with Gasteiger partial charge in [-0.1, -0.05) is 35.4 Å². The molecule has 0 heterocycles. The van der Waals surface area contributed by atoms with Crippen LogP contribution in [0.4, 0.5) is 0 Å². The number of esters is 1. The Morgan fingerprint density at radius 3 is 2.75 bits per heavy atom. The summed E-state index contributed by atoms with van der Waals surface area (Å²) in [5.74, 6) is 0.177. The lowest BCUT2D eigenvalue weighted by Crippen LogP contribution is -2.28. The van der Waals surface area contributed by atoms with Gasteiger partial charge in [0.1, 0.15) is 0 Å². The van der Waals surface area contributed by atoms with Crippen molar-refractivity contribution in [2.75, 3.05) is 6.61 Å². The number of carbonyl (C=O) groups is 1. The third-order valence-corrected chi connectivity index (χ3v) is 3.76. The van der Waals surface area contributed by atoms with Gasteiger partial charge in [0.15, 0.2) is 0 Å². The molecule has 1 saturated carbocycles. The summed E-state index contributed by atoms with van der Waals surface area (Å²) in [7, 11) is 0. The highest BCUT2D eigenvalue weighted by Crippen LogP contribution is 2.30. The van der Waals surface area contributed by atoms with Crippen LogP contribution in [-0.4, -0.2) is 16.5 Å². The van der Waals surface area contributed by atoms with Crippen molar-refractivity contribution in [1.82, 2.24) is 0 Å². The molecule has 2 nitrogen and oxygen atoms in total. The van der Waals surface area contributed by atoms with E-state index in [1.165, 1.54) is 19.3 Å². The van der Waals surface area contributed by atoms with Crippen molar-refractivity contribution in [3.8, 4) is 0 Å². The van der Waals surface area contributed by atoms with Gasteiger partial charge in [0.2, 0.25) is 0 Å². The Morgan fingerprint density at radius 1 is 1.50 bits per heavy atom. The fourth-order valence-corrected chi connectivity index (χ4v) is 2.69. The van der Waals surface area contributed by atoms with Gasteiger partial charge < -0.3 is 4.74 Å². The second-order valence-electron chi connectivity index (χ2n) is 3.16. The molecule has 1 fully saturated rings. The molecular weight excluding hydrogens is 267 g/mol. The molecule has 2 atom stereocenters. The van der Waals surface area contributed by atoms with Gasteiger partial charge in [-0.25, -0.2) is 0 Å². The van der Waals surface area contributed by atoms with Crippen LogP contribution >= 0.6 is 22.6 Å². The van der Waals surface area contributed by atoms with Crippen molar-refractivity contribution < 1.29 is 9.53 Å². The molecule has 0 aromatic heterocycles. The summed E-state index contributed by atoms with van der Waals surface area (Å²) < 4.78 is 5.50. The summed E-state index contributed by atoms with van der Waals surface area (Å²) in [6.45, 7) is 2.38. The van der Waals surface area contributed by atoms with Gasteiger partial charge in [-0.15, -0.1) is 0 Å². The average molecular weight is 282 g/mol. The van der Waals surface area contributed by atoms with Gasteiger partial charge >= 0.3 is 5.97 Å². The van der Waals surface area contributed by atoms with Crippen LogP contribution in [0.3, 0.4) is 0 Å². The highest BCUT2D eigenvalue weighted by Gasteiger charge is 2.29. The van der Waals surface area contributed by atoms with Crippen LogP contribution in [0, 0.1) is 5.92 Å². The zero-order valence-electron chi connectivity index (χ0n) is 7.38. The fourth-order valence-electron chi connectivity index (χ4n) is 1.60. The van der Waals surface area contributed by atoms with Gasteiger partial charge in [0.25, 0.3) is 0 Å². The molecule has 0 radical (unpaired) electrons. The Hall–Kier alpha value is 0.200. The van der Waals surface area contributed by atoms with Gasteiger partial charge in [-0.2, -0.15) is 0 Å². The maximum absolute atomic E-state index is 11.4. The van der Waals surface area contributed by atoms with E-state index in [0.717, 1.165) is 6.42 Å². The fraction of sp³-hybridized carbons (Fsp3) is 0.889. The molecule has 0 saturated heterocycles. The first-order valence-corrected chi connectivity index (χ1v) is 5.81. The minimum atomic E-state index is 0.0107. The van der Waals surface area contributed by atoms with E-state index in [4.69, 9.17) is 4.74 Å². The average Bonchev–Trinajstić information content (AvgIpc) is 2.05. The molecule has 0 amide bonds. The van der Waals surface area contributed by atoms with Crippen molar-refractivity contribution in [2.45, 2.75) is 36.5 Å². The van der Waals surface area contributed by atoms with Gasteiger partial charge in [0.05, 0.1) is 12.5 Å². The van der Waals surface area contributed by atoms with E-state index in [-0.39, 0.29) is 11.9 Å². The van der Waals surface area contributed by atoms with Crippen LogP contribution in [0.2, 0.25) is 0 Å². The van der Waals surface area contributed by atoms with Gasteiger partial charge in [-0.05, 0) is 19.8 Å². The third kappa shape index (κ3) is 2.61. The molecule has 1 aliphatic rings. The zero-order chi connectivity index (χ0) is 8.97. The summed E-state index contributed by atoms with van der Waals surface area (Å²) in [4.78, 5) is 11.4. The number of hydrogen-bond acceptors (Lipinski definition) is 2. The first-order valence-electron chi connectivity index (χ1n) is 4.56. The summed E-state index contributed by atoms with van der Waals surface area (Å²) >= 11 is 2.37. The molecule has 12 heavy (non-hydrogen) atoms. The molecule has 0 aromatic carbocycles. The molecule has 1 aliphatic carbocycles. The predicted octanol–water partition coefficient (Wildman–Crippen LogP) is 2.54. The number of ether oxygens (including phenoxy) is 1. The second kappa shape index (κ2) is 5.04. The molecule has 70 valence electrons. The minimum absolute atomic E-state index is 0.0107. The minimum Gasteiger partial charge on any atom is -0.466 e. The normalized spacial score (nSPS) is 29.8. The third-order valence-electron chi connectivity index (χ3n) is 2.27. The maximum Gasteiger partial charge on any atom is 0.309 e. The molecule has 3 heteroatoms. The Labute approximate surface area is 87.2 Å². The zero-order valence-corrected chi connectivity index (χ0v) is 9.54. The Kier molecular flexibility index (Phi) is 4.32. The lowest BCUT2D eigenvalue weighted by molar-refractivity contribution is -0.148. The van der Waals surface area contributed by atoms with Crippen LogP contribution < -0.4 is 0 Å². The highest BCUT2D eigenvalue weighted by atomic mass is 127. The second-order valence-corrected chi connectivity index (χ2v) is 4.76. The van der Waals surface area contributed by atoms with Crippen LogP contribution in [0.1, 0.15) is 32.6 Å². The maximum atomic E-state index is 11.4. The van der Waals surface area contributed by atoms with Crippen molar-refractivity contribution in [2.24, 2.45) is 5.92 Å². The molecular formula is C9H15IO2. The topological polar surface area (TPSA) is 26.3 Å². The van der Waals surface area contributed by atoms with Crippen LogP contribution in [0.5, 0.6) is 0 Å². The molecule has 0 bridgehead atoms. The lowest BCUT2D eigenvalue weighted by atomic mass is 9.89. The smallest absolute Gasteiger partial charge is 0.309 e. The van der Waals surface area contributed by atoms with E-state index in [1.807, 2.05) is 6.92 Å². The Balaban J connectivity index is 2.42. The number of hydrogen-bond donors (Lipinski definition) is 0. The molecule has 2 unspecified atom stereocenters. The molecule has 0 N–H and O–H groups in total. The first kappa shape index (κ1) is 10.3. The van der Waals surface area contributed by atoms with E-state index in [0.29, 0.717) is 10.5 Å².